The molecule has 2 atom stereocenters. The summed E-state index contributed by atoms with van der Waals surface area (Å²) < 4.78 is 120. The van der Waals surface area contributed by atoms with Crippen LogP contribution in [0.5, 0.6) is 0 Å². The topological polar surface area (TPSA) is 3.24 Å². The Balaban J connectivity index is 2.09. The number of likely N-dealkylation sites (tertiary alicyclic amines) is 1. The molecular weight excluding hydrogens is 473 g/mol. The molecule has 1 heterocycles. The first-order valence-corrected chi connectivity index (χ1v) is 10.9. The number of nitrogens with zero attached hydrogens (tertiary/aromatic N) is 1. The second kappa shape index (κ2) is 9.79. The van der Waals surface area contributed by atoms with Gasteiger partial charge in [0.05, 0.1) is 16.7 Å². The summed E-state index contributed by atoms with van der Waals surface area (Å²) in [5, 5.41) is 0. The molecule has 1 aliphatic rings. The van der Waals surface area contributed by atoms with Gasteiger partial charge in [-0.05, 0) is 67.3 Å². The lowest BCUT2D eigenvalue weighted by atomic mass is 9.87. The summed E-state index contributed by atoms with van der Waals surface area (Å²) in [5.41, 5.74) is -3.10. The summed E-state index contributed by atoms with van der Waals surface area (Å²) in [5.74, 6) is 0. The molecule has 0 N–H and O–H groups in total. The van der Waals surface area contributed by atoms with Crippen molar-refractivity contribution in [3.63, 3.8) is 0 Å². The molecule has 1 unspecified atom stereocenters. The van der Waals surface area contributed by atoms with Gasteiger partial charge in [-0.25, -0.2) is 0 Å². The predicted molar refractivity (Wildman–Crippen MR) is 109 cm³/mol. The molecule has 0 aromatic heterocycles. The van der Waals surface area contributed by atoms with E-state index in [-0.39, 0.29) is 6.42 Å². The van der Waals surface area contributed by atoms with Gasteiger partial charge < -0.3 is 0 Å². The number of benzene rings is 2. The normalized spacial score (nSPS) is 19.3. The van der Waals surface area contributed by atoms with Crippen molar-refractivity contribution in [1.29, 1.82) is 0 Å². The Morgan fingerprint density at radius 3 is 1.91 bits per heavy atom. The Bertz CT molecular complexity index is 958. The molecule has 2 aromatic carbocycles. The third-order valence-corrected chi connectivity index (χ3v) is 6.17. The van der Waals surface area contributed by atoms with Crippen LogP contribution < -0.4 is 0 Å². The number of rotatable bonds is 5. The van der Waals surface area contributed by atoms with Crippen LogP contribution in [0.15, 0.2) is 42.5 Å². The fourth-order valence-electron chi connectivity index (χ4n) is 4.63. The van der Waals surface area contributed by atoms with Crippen LogP contribution in [0.25, 0.3) is 0 Å². The lowest BCUT2D eigenvalue weighted by Crippen LogP contribution is -2.37. The smallest absolute Gasteiger partial charge is 0.289 e. The predicted octanol–water partition coefficient (Wildman–Crippen LogP) is 8.81. The van der Waals surface area contributed by atoms with E-state index >= 15 is 0 Å². The minimum atomic E-state index is -4.86. The average Bonchev–Trinajstić information content (AvgIpc) is 2.75. The van der Waals surface area contributed by atoms with Crippen LogP contribution in [0.2, 0.25) is 0 Å². The molecule has 34 heavy (non-hydrogen) atoms. The Morgan fingerprint density at radius 1 is 0.794 bits per heavy atom. The summed E-state index contributed by atoms with van der Waals surface area (Å²) >= 11 is 0. The number of halogens is 9. The standard InChI is InChI=1S/C24H24F9N/c1-2-5-21(18-14-17(23(28,29)30)11-12-19(18)24(31,32)33)34-13-4-3-6-20(34)15-7-9-16(10-8-15)22(25,26)27/h7-12,14,20-21H,2-6,13H2,1H3/t20-,21?/m1/s1. The van der Waals surface area contributed by atoms with Crippen molar-refractivity contribution in [2.24, 2.45) is 0 Å². The first kappa shape index (κ1) is 26.4. The molecule has 10 heteroatoms. The van der Waals surface area contributed by atoms with E-state index in [9.17, 15) is 39.5 Å². The molecule has 1 fully saturated rings. The second-order valence-corrected chi connectivity index (χ2v) is 8.47. The average molecular weight is 497 g/mol. The minimum Gasteiger partial charge on any atom is -0.289 e. The monoisotopic (exact) mass is 497 g/mol. The third kappa shape index (κ3) is 5.87. The summed E-state index contributed by atoms with van der Waals surface area (Å²) in [6.45, 7) is 2.05. The van der Waals surface area contributed by atoms with E-state index in [1.807, 2.05) is 0 Å². The molecule has 3 rings (SSSR count). The maximum absolute atomic E-state index is 13.8. The molecule has 0 amide bonds. The van der Waals surface area contributed by atoms with Crippen molar-refractivity contribution in [2.75, 3.05) is 6.54 Å². The molecule has 0 radical (unpaired) electrons. The van der Waals surface area contributed by atoms with Gasteiger partial charge >= 0.3 is 18.5 Å². The SMILES string of the molecule is CCCC(c1cc(C(F)(F)F)ccc1C(F)(F)F)N1CCCC[C@@H]1c1ccc(C(F)(F)F)cc1. The van der Waals surface area contributed by atoms with Crippen molar-refractivity contribution in [2.45, 2.75) is 69.6 Å². The number of piperidine rings is 1. The van der Waals surface area contributed by atoms with Crippen molar-refractivity contribution < 1.29 is 39.5 Å². The third-order valence-electron chi connectivity index (χ3n) is 6.17. The molecule has 1 nitrogen and oxygen atoms in total. The van der Waals surface area contributed by atoms with Crippen molar-refractivity contribution in [1.82, 2.24) is 4.90 Å². The fraction of sp³-hybridized carbons (Fsp3) is 0.500. The molecule has 1 aliphatic heterocycles. The lowest BCUT2D eigenvalue weighted by Gasteiger charge is -2.42. The van der Waals surface area contributed by atoms with E-state index < -0.39 is 52.9 Å². The summed E-state index contributed by atoms with van der Waals surface area (Å²) in [6, 6.07) is 4.42. The van der Waals surface area contributed by atoms with E-state index in [0.29, 0.717) is 56.0 Å². The van der Waals surface area contributed by atoms with Gasteiger partial charge in [-0.1, -0.05) is 31.9 Å². The van der Waals surface area contributed by atoms with Crippen LogP contribution >= 0.6 is 0 Å². The second-order valence-electron chi connectivity index (χ2n) is 8.47. The van der Waals surface area contributed by atoms with Crippen LogP contribution in [0.4, 0.5) is 39.5 Å². The van der Waals surface area contributed by atoms with Gasteiger partial charge in [-0.3, -0.25) is 4.90 Å². The van der Waals surface area contributed by atoms with Gasteiger partial charge in [0.25, 0.3) is 0 Å². The number of alkyl halides is 9. The number of hydrogen-bond acceptors (Lipinski definition) is 1. The fourth-order valence-corrected chi connectivity index (χ4v) is 4.63. The Labute approximate surface area is 191 Å². The minimum absolute atomic E-state index is 0.168. The van der Waals surface area contributed by atoms with E-state index in [1.165, 1.54) is 12.1 Å². The van der Waals surface area contributed by atoms with Gasteiger partial charge in [0.15, 0.2) is 0 Å². The van der Waals surface area contributed by atoms with Crippen molar-refractivity contribution >= 4 is 0 Å². The Morgan fingerprint density at radius 2 is 1.38 bits per heavy atom. The lowest BCUT2D eigenvalue weighted by molar-refractivity contribution is -0.142. The highest BCUT2D eigenvalue weighted by Gasteiger charge is 2.41. The van der Waals surface area contributed by atoms with Gasteiger partial charge in [0, 0.05) is 12.1 Å². The van der Waals surface area contributed by atoms with Crippen LogP contribution in [0, 0.1) is 0 Å². The first-order valence-electron chi connectivity index (χ1n) is 10.9. The molecular formula is C24H24F9N. The molecule has 0 aliphatic carbocycles. The van der Waals surface area contributed by atoms with Gasteiger partial charge in [0.1, 0.15) is 0 Å². The zero-order valence-corrected chi connectivity index (χ0v) is 18.3. The molecule has 1 saturated heterocycles. The zero-order chi connectivity index (χ0) is 25.3. The van der Waals surface area contributed by atoms with Crippen LogP contribution in [0.1, 0.15) is 78.9 Å². The molecule has 0 saturated carbocycles. The first-order chi connectivity index (χ1) is 15.7. The molecule has 2 aromatic rings. The van der Waals surface area contributed by atoms with E-state index in [4.69, 9.17) is 0 Å². The largest absolute Gasteiger partial charge is 0.416 e. The maximum atomic E-state index is 13.8. The van der Waals surface area contributed by atoms with Gasteiger partial charge in [0.2, 0.25) is 0 Å². The van der Waals surface area contributed by atoms with Gasteiger partial charge in [-0.15, -0.1) is 0 Å². The quantitative estimate of drug-likeness (QED) is 0.373. The zero-order valence-electron chi connectivity index (χ0n) is 18.3. The van der Waals surface area contributed by atoms with Gasteiger partial charge in [-0.2, -0.15) is 39.5 Å². The summed E-state index contributed by atoms with van der Waals surface area (Å²) in [6.07, 6.45) is -11.8. The van der Waals surface area contributed by atoms with Crippen molar-refractivity contribution in [3.8, 4) is 0 Å². The maximum Gasteiger partial charge on any atom is 0.416 e. The van der Waals surface area contributed by atoms with Crippen molar-refractivity contribution in [3.05, 3.63) is 70.3 Å². The summed E-state index contributed by atoms with van der Waals surface area (Å²) in [7, 11) is 0. The van der Waals surface area contributed by atoms with E-state index in [1.54, 1.807) is 11.8 Å². The van der Waals surface area contributed by atoms with Crippen LogP contribution in [-0.4, -0.2) is 11.4 Å². The van der Waals surface area contributed by atoms with Crippen LogP contribution in [0.3, 0.4) is 0 Å². The Hall–Kier alpha value is -2.23. The Kier molecular flexibility index (Phi) is 7.60. The van der Waals surface area contributed by atoms with E-state index in [0.717, 1.165) is 12.1 Å². The highest BCUT2D eigenvalue weighted by molar-refractivity contribution is 5.38. The molecule has 0 spiro atoms. The highest BCUT2D eigenvalue weighted by atomic mass is 19.4. The van der Waals surface area contributed by atoms with E-state index in [2.05, 4.69) is 0 Å². The van der Waals surface area contributed by atoms with Crippen LogP contribution in [-0.2, 0) is 18.5 Å². The number of hydrogen-bond donors (Lipinski definition) is 0. The highest BCUT2D eigenvalue weighted by Crippen LogP contribution is 2.45. The summed E-state index contributed by atoms with van der Waals surface area (Å²) in [4.78, 5) is 1.72. The molecule has 0 bridgehead atoms. The molecule has 188 valence electrons.